The van der Waals surface area contributed by atoms with Crippen LogP contribution in [0.1, 0.15) is 52.4 Å². The maximum Gasteiger partial charge on any atom is 0.237 e. The van der Waals surface area contributed by atoms with Crippen LogP contribution in [0.15, 0.2) is 0 Å². The summed E-state index contributed by atoms with van der Waals surface area (Å²) in [7, 11) is 0. The summed E-state index contributed by atoms with van der Waals surface area (Å²) in [5.41, 5.74) is 0. The molecule has 3 aliphatic heterocycles. The molecule has 3 rings (SSSR count). The van der Waals surface area contributed by atoms with Crippen LogP contribution in [0.5, 0.6) is 0 Å². The van der Waals surface area contributed by atoms with Gasteiger partial charge < -0.3 is 10.2 Å². The molecule has 3 aliphatic rings. The van der Waals surface area contributed by atoms with Crippen molar-refractivity contribution < 1.29 is 4.79 Å². The van der Waals surface area contributed by atoms with Gasteiger partial charge in [-0.15, -0.1) is 12.4 Å². The number of amides is 1. The van der Waals surface area contributed by atoms with E-state index in [0.717, 1.165) is 13.1 Å². The number of nitrogens with zero attached hydrogens (tertiary/aromatic N) is 2. The Morgan fingerprint density at radius 1 is 1.05 bits per heavy atom. The van der Waals surface area contributed by atoms with Gasteiger partial charge in [0.25, 0.3) is 0 Å². The number of carbonyl (C=O) groups excluding carboxylic acids is 1. The lowest BCUT2D eigenvalue weighted by Crippen LogP contribution is -2.51. The van der Waals surface area contributed by atoms with Crippen LogP contribution >= 0.6 is 12.4 Å². The Kier molecular flexibility index (Phi) is 5.92. The van der Waals surface area contributed by atoms with E-state index in [2.05, 4.69) is 29.0 Å². The molecule has 0 saturated carbocycles. The van der Waals surface area contributed by atoms with Gasteiger partial charge in [0.15, 0.2) is 0 Å². The summed E-state index contributed by atoms with van der Waals surface area (Å²) in [5, 5.41) is 3.69. The van der Waals surface area contributed by atoms with Crippen molar-refractivity contribution in [1.82, 2.24) is 15.1 Å². The third-order valence-corrected chi connectivity index (χ3v) is 5.45. The van der Waals surface area contributed by atoms with Gasteiger partial charge in [-0.1, -0.05) is 0 Å². The molecular weight excluding hydrogens is 286 g/mol. The summed E-state index contributed by atoms with van der Waals surface area (Å²) in [6.45, 7) is 7.17. The molecule has 0 radical (unpaired) electrons. The van der Waals surface area contributed by atoms with Crippen molar-refractivity contribution in [3.05, 3.63) is 0 Å². The number of rotatable bonds is 2. The number of likely N-dealkylation sites (tertiary alicyclic amines) is 2. The highest BCUT2D eigenvalue weighted by atomic mass is 35.5. The minimum Gasteiger partial charge on any atom is -0.336 e. The summed E-state index contributed by atoms with van der Waals surface area (Å²) in [5.74, 6) is 0.350. The topological polar surface area (TPSA) is 35.6 Å². The molecule has 0 aromatic heterocycles. The van der Waals surface area contributed by atoms with Crippen LogP contribution in [0.2, 0.25) is 0 Å². The van der Waals surface area contributed by atoms with E-state index in [1.807, 2.05) is 0 Å². The van der Waals surface area contributed by atoms with Gasteiger partial charge in [0.2, 0.25) is 5.91 Å². The summed E-state index contributed by atoms with van der Waals surface area (Å²) in [4.78, 5) is 17.2. The van der Waals surface area contributed by atoms with Gasteiger partial charge in [-0.05, 0) is 52.4 Å². The van der Waals surface area contributed by atoms with Crippen molar-refractivity contribution in [3.63, 3.8) is 0 Å². The van der Waals surface area contributed by atoms with Gasteiger partial charge in [0, 0.05) is 37.3 Å². The molecule has 1 N–H and O–H groups in total. The highest BCUT2D eigenvalue weighted by Crippen LogP contribution is 2.24. The van der Waals surface area contributed by atoms with E-state index in [0.29, 0.717) is 36.6 Å². The number of hydrogen-bond acceptors (Lipinski definition) is 3. The fourth-order valence-electron chi connectivity index (χ4n) is 4.34. The Morgan fingerprint density at radius 3 is 2.43 bits per heavy atom. The molecule has 0 aliphatic carbocycles. The van der Waals surface area contributed by atoms with Crippen LogP contribution in [-0.2, 0) is 4.79 Å². The Morgan fingerprint density at radius 2 is 1.71 bits per heavy atom. The van der Waals surface area contributed by atoms with Crippen molar-refractivity contribution in [3.8, 4) is 0 Å². The Balaban J connectivity index is 0.00000161. The number of carbonyl (C=O) groups is 1. The van der Waals surface area contributed by atoms with Crippen LogP contribution in [-0.4, -0.2) is 59.5 Å². The van der Waals surface area contributed by atoms with Crippen molar-refractivity contribution in [2.45, 2.75) is 76.5 Å². The lowest BCUT2D eigenvalue weighted by Gasteiger charge is -2.40. The SMILES string of the molecule is CC1CCCC(C)N1C(=O)CN1CCC2CCC(C1)N2.Cl. The average Bonchev–Trinajstić information content (AvgIpc) is 2.72. The zero-order valence-electron chi connectivity index (χ0n) is 13.4. The molecule has 122 valence electrons. The molecule has 3 heterocycles. The predicted octanol–water partition coefficient (Wildman–Crippen LogP) is 2.02. The maximum absolute atomic E-state index is 12.7. The number of hydrogen-bond donors (Lipinski definition) is 1. The summed E-state index contributed by atoms with van der Waals surface area (Å²) >= 11 is 0. The first-order chi connectivity index (χ1) is 9.63. The second-order valence-corrected chi connectivity index (χ2v) is 7.09. The first-order valence-corrected chi connectivity index (χ1v) is 8.43. The van der Waals surface area contributed by atoms with E-state index in [4.69, 9.17) is 0 Å². The average molecular weight is 316 g/mol. The van der Waals surface area contributed by atoms with Crippen molar-refractivity contribution >= 4 is 18.3 Å². The minimum absolute atomic E-state index is 0. The molecule has 0 aromatic rings. The van der Waals surface area contributed by atoms with Gasteiger partial charge in [0.1, 0.15) is 0 Å². The Labute approximate surface area is 135 Å². The van der Waals surface area contributed by atoms with Gasteiger partial charge in [-0.25, -0.2) is 0 Å². The second-order valence-electron chi connectivity index (χ2n) is 7.09. The summed E-state index contributed by atoms with van der Waals surface area (Å²) in [6, 6.07) is 2.17. The molecule has 2 bridgehead atoms. The van der Waals surface area contributed by atoms with E-state index < -0.39 is 0 Å². The highest BCUT2D eigenvalue weighted by molar-refractivity contribution is 5.85. The third-order valence-electron chi connectivity index (χ3n) is 5.45. The molecule has 3 saturated heterocycles. The molecule has 4 unspecified atom stereocenters. The maximum atomic E-state index is 12.7. The molecule has 5 heteroatoms. The van der Waals surface area contributed by atoms with Gasteiger partial charge in [0.05, 0.1) is 6.54 Å². The van der Waals surface area contributed by atoms with E-state index in [1.165, 1.54) is 38.5 Å². The minimum atomic E-state index is 0. The lowest BCUT2D eigenvalue weighted by atomic mass is 9.97. The highest BCUT2D eigenvalue weighted by Gasteiger charge is 2.33. The smallest absolute Gasteiger partial charge is 0.237 e. The van der Waals surface area contributed by atoms with Crippen LogP contribution in [0.25, 0.3) is 0 Å². The molecule has 3 fully saturated rings. The summed E-state index contributed by atoms with van der Waals surface area (Å²) in [6.07, 6.45) is 7.42. The normalized spacial score (nSPS) is 37.0. The number of piperidine rings is 1. The van der Waals surface area contributed by atoms with Crippen LogP contribution in [0.3, 0.4) is 0 Å². The molecule has 0 spiro atoms. The molecule has 1 amide bonds. The van der Waals surface area contributed by atoms with E-state index in [-0.39, 0.29) is 12.4 Å². The van der Waals surface area contributed by atoms with Crippen LogP contribution in [0.4, 0.5) is 0 Å². The molecule has 0 aromatic carbocycles. The molecule has 4 nitrogen and oxygen atoms in total. The van der Waals surface area contributed by atoms with Crippen LogP contribution in [0, 0.1) is 0 Å². The second kappa shape index (κ2) is 7.30. The van der Waals surface area contributed by atoms with Gasteiger partial charge >= 0.3 is 0 Å². The Bertz CT molecular complexity index is 355. The van der Waals surface area contributed by atoms with E-state index >= 15 is 0 Å². The lowest BCUT2D eigenvalue weighted by molar-refractivity contribution is -0.138. The number of fused-ring (bicyclic) bond motifs is 2. The fraction of sp³-hybridized carbons (Fsp3) is 0.938. The fourth-order valence-corrected chi connectivity index (χ4v) is 4.34. The van der Waals surface area contributed by atoms with E-state index in [1.54, 1.807) is 0 Å². The van der Waals surface area contributed by atoms with Crippen LogP contribution < -0.4 is 5.32 Å². The zero-order chi connectivity index (χ0) is 14.1. The summed E-state index contributed by atoms with van der Waals surface area (Å²) < 4.78 is 0. The predicted molar refractivity (Wildman–Crippen MR) is 87.9 cm³/mol. The zero-order valence-corrected chi connectivity index (χ0v) is 14.2. The largest absolute Gasteiger partial charge is 0.336 e. The molecular formula is C16H30ClN3O. The van der Waals surface area contributed by atoms with Gasteiger partial charge in [-0.3, -0.25) is 9.69 Å². The Hall–Kier alpha value is -0.320. The van der Waals surface area contributed by atoms with Crippen molar-refractivity contribution in [2.24, 2.45) is 0 Å². The molecule has 21 heavy (non-hydrogen) atoms. The quantitative estimate of drug-likeness (QED) is 0.847. The third kappa shape index (κ3) is 3.91. The first kappa shape index (κ1) is 17.0. The van der Waals surface area contributed by atoms with Crippen molar-refractivity contribution in [2.75, 3.05) is 19.6 Å². The standard InChI is InChI=1S/C16H29N3O.ClH/c1-12-4-3-5-13(2)19(12)16(20)11-18-9-8-14-6-7-15(10-18)17-14;/h12-15,17H,3-11H2,1-2H3;1H. The van der Waals surface area contributed by atoms with E-state index in [9.17, 15) is 4.79 Å². The van der Waals surface area contributed by atoms with Gasteiger partial charge in [-0.2, -0.15) is 0 Å². The first-order valence-electron chi connectivity index (χ1n) is 8.43. The number of nitrogens with one attached hydrogen (secondary N) is 1. The monoisotopic (exact) mass is 315 g/mol. The number of halogens is 1. The van der Waals surface area contributed by atoms with Crippen molar-refractivity contribution in [1.29, 1.82) is 0 Å². The molecule has 4 atom stereocenters.